The number of anilines is 2. The van der Waals surface area contributed by atoms with E-state index in [2.05, 4.69) is 13.8 Å². The van der Waals surface area contributed by atoms with E-state index < -0.39 is 0 Å². The minimum Gasteiger partial charge on any atom is -0.399 e. The van der Waals surface area contributed by atoms with Gasteiger partial charge in [0, 0.05) is 23.4 Å². The lowest BCUT2D eigenvalue weighted by molar-refractivity contribution is 0.106. The molecular formula is C12H20N2O. The summed E-state index contributed by atoms with van der Waals surface area (Å²) in [5.41, 5.74) is 14.0. The summed E-state index contributed by atoms with van der Waals surface area (Å²) in [6, 6.07) is 5.64. The third-order valence-electron chi connectivity index (χ3n) is 2.47. The van der Waals surface area contributed by atoms with Crippen LogP contribution in [-0.4, -0.2) is 13.2 Å². The lowest BCUT2D eigenvalue weighted by Gasteiger charge is -2.26. The molecule has 0 aliphatic rings. The summed E-state index contributed by atoms with van der Waals surface area (Å²) >= 11 is 0. The highest BCUT2D eigenvalue weighted by Crippen LogP contribution is 2.29. The van der Waals surface area contributed by atoms with E-state index >= 15 is 0 Å². The smallest absolute Gasteiger partial charge is 0.0558 e. The van der Waals surface area contributed by atoms with Gasteiger partial charge in [-0.3, -0.25) is 0 Å². The Hall–Kier alpha value is -1.22. The van der Waals surface area contributed by atoms with Crippen LogP contribution >= 0.6 is 0 Å². The van der Waals surface area contributed by atoms with Crippen LogP contribution < -0.4 is 11.5 Å². The molecule has 3 nitrogen and oxygen atoms in total. The first kappa shape index (κ1) is 11.9. The van der Waals surface area contributed by atoms with Gasteiger partial charge in [0.25, 0.3) is 0 Å². The summed E-state index contributed by atoms with van der Waals surface area (Å²) in [6.45, 7) is 7.60. The summed E-state index contributed by atoms with van der Waals surface area (Å²) in [6.07, 6.45) is 0. The molecule has 0 amide bonds. The molecule has 1 aromatic rings. The second-order valence-corrected chi connectivity index (χ2v) is 4.37. The Morgan fingerprint density at radius 1 is 1.27 bits per heavy atom. The molecule has 0 bridgehead atoms. The van der Waals surface area contributed by atoms with Gasteiger partial charge in [-0.25, -0.2) is 0 Å². The zero-order valence-electron chi connectivity index (χ0n) is 9.71. The van der Waals surface area contributed by atoms with Crippen molar-refractivity contribution >= 4 is 11.4 Å². The molecule has 0 radical (unpaired) electrons. The second-order valence-electron chi connectivity index (χ2n) is 4.37. The van der Waals surface area contributed by atoms with Crippen LogP contribution in [-0.2, 0) is 10.2 Å². The number of nitrogen functional groups attached to an aromatic ring is 2. The van der Waals surface area contributed by atoms with Crippen LogP contribution in [0.4, 0.5) is 11.4 Å². The fourth-order valence-electron chi connectivity index (χ4n) is 1.63. The second kappa shape index (κ2) is 4.53. The summed E-state index contributed by atoms with van der Waals surface area (Å²) in [4.78, 5) is 0. The standard InChI is InChI=1S/C12H20N2O/c1-4-15-8-12(2,3)10-6-5-9(13)7-11(10)14/h5-7H,4,8,13-14H2,1-3H3. The molecular weight excluding hydrogens is 188 g/mol. The lowest BCUT2D eigenvalue weighted by Crippen LogP contribution is -2.25. The molecule has 0 unspecified atom stereocenters. The van der Waals surface area contributed by atoms with Gasteiger partial charge < -0.3 is 16.2 Å². The Balaban J connectivity index is 2.93. The lowest BCUT2D eigenvalue weighted by atomic mass is 9.84. The molecule has 0 saturated heterocycles. The van der Waals surface area contributed by atoms with Crippen LogP contribution in [0.15, 0.2) is 18.2 Å². The molecule has 0 spiro atoms. The van der Waals surface area contributed by atoms with E-state index in [1.807, 2.05) is 19.1 Å². The molecule has 4 N–H and O–H groups in total. The van der Waals surface area contributed by atoms with Gasteiger partial charge in [-0.1, -0.05) is 19.9 Å². The number of benzene rings is 1. The quantitative estimate of drug-likeness (QED) is 0.745. The SMILES string of the molecule is CCOCC(C)(C)c1ccc(N)cc1N. The van der Waals surface area contributed by atoms with Crippen molar-refractivity contribution in [3.05, 3.63) is 23.8 Å². The van der Waals surface area contributed by atoms with Gasteiger partial charge in [0.05, 0.1) is 6.61 Å². The minimum absolute atomic E-state index is 0.0756. The van der Waals surface area contributed by atoms with Crippen molar-refractivity contribution < 1.29 is 4.74 Å². The number of hydrogen-bond donors (Lipinski definition) is 2. The van der Waals surface area contributed by atoms with Crippen LogP contribution in [0.2, 0.25) is 0 Å². The average molecular weight is 208 g/mol. The molecule has 1 rings (SSSR count). The van der Waals surface area contributed by atoms with Gasteiger partial charge in [-0.2, -0.15) is 0 Å². The van der Waals surface area contributed by atoms with Crippen molar-refractivity contribution in [1.82, 2.24) is 0 Å². The topological polar surface area (TPSA) is 61.3 Å². The Morgan fingerprint density at radius 3 is 2.47 bits per heavy atom. The van der Waals surface area contributed by atoms with Crippen molar-refractivity contribution in [3.8, 4) is 0 Å². The third kappa shape index (κ3) is 2.86. The maximum absolute atomic E-state index is 5.94. The van der Waals surface area contributed by atoms with E-state index in [4.69, 9.17) is 16.2 Å². The Bertz CT molecular complexity index is 334. The number of ether oxygens (including phenoxy) is 1. The van der Waals surface area contributed by atoms with Crippen LogP contribution in [0.1, 0.15) is 26.3 Å². The Kier molecular flexibility index (Phi) is 3.58. The number of hydrogen-bond acceptors (Lipinski definition) is 3. The van der Waals surface area contributed by atoms with Crippen molar-refractivity contribution in [2.45, 2.75) is 26.2 Å². The van der Waals surface area contributed by atoms with Gasteiger partial charge >= 0.3 is 0 Å². The molecule has 0 fully saturated rings. The van der Waals surface area contributed by atoms with Crippen LogP contribution in [0, 0.1) is 0 Å². The monoisotopic (exact) mass is 208 g/mol. The first-order valence-corrected chi connectivity index (χ1v) is 5.20. The van der Waals surface area contributed by atoms with Crippen molar-refractivity contribution in [1.29, 1.82) is 0 Å². The molecule has 0 aromatic heterocycles. The molecule has 15 heavy (non-hydrogen) atoms. The van der Waals surface area contributed by atoms with Gasteiger partial charge in [-0.05, 0) is 24.6 Å². The van der Waals surface area contributed by atoms with Gasteiger partial charge in [0.2, 0.25) is 0 Å². The molecule has 0 saturated carbocycles. The first-order chi connectivity index (χ1) is 6.97. The van der Waals surface area contributed by atoms with Gasteiger partial charge in [-0.15, -0.1) is 0 Å². The van der Waals surface area contributed by atoms with E-state index in [0.29, 0.717) is 12.3 Å². The highest BCUT2D eigenvalue weighted by molar-refractivity contribution is 5.58. The van der Waals surface area contributed by atoms with Crippen LogP contribution in [0.3, 0.4) is 0 Å². The fourth-order valence-corrected chi connectivity index (χ4v) is 1.63. The van der Waals surface area contributed by atoms with E-state index in [9.17, 15) is 0 Å². The first-order valence-electron chi connectivity index (χ1n) is 5.20. The van der Waals surface area contributed by atoms with Crippen molar-refractivity contribution in [2.75, 3.05) is 24.7 Å². The maximum Gasteiger partial charge on any atom is 0.0558 e. The van der Waals surface area contributed by atoms with Crippen molar-refractivity contribution in [2.24, 2.45) is 0 Å². The average Bonchev–Trinajstić information content (AvgIpc) is 2.14. The van der Waals surface area contributed by atoms with Crippen LogP contribution in [0.5, 0.6) is 0 Å². The largest absolute Gasteiger partial charge is 0.399 e. The Labute approximate surface area is 91.4 Å². The zero-order valence-corrected chi connectivity index (χ0v) is 9.71. The summed E-state index contributed by atoms with van der Waals surface area (Å²) in [5, 5.41) is 0. The van der Waals surface area contributed by atoms with E-state index in [1.165, 1.54) is 0 Å². The highest BCUT2D eigenvalue weighted by Gasteiger charge is 2.23. The fraction of sp³-hybridized carbons (Fsp3) is 0.500. The van der Waals surface area contributed by atoms with Crippen molar-refractivity contribution in [3.63, 3.8) is 0 Å². The van der Waals surface area contributed by atoms with Gasteiger partial charge in [0.15, 0.2) is 0 Å². The number of nitrogens with two attached hydrogens (primary N) is 2. The maximum atomic E-state index is 5.94. The Morgan fingerprint density at radius 2 is 1.93 bits per heavy atom. The molecule has 1 aromatic carbocycles. The highest BCUT2D eigenvalue weighted by atomic mass is 16.5. The van der Waals surface area contributed by atoms with Gasteiger partial charge in [0.1, 0.15) is 0 Å². The van der Waals surface area contributed by atoms with E-state index in [0.717, 1.165) is 17.9 Å². The van der Waals surface area contributed by atoms with Crippen LogP contribution in [0.25, 0.3) is 0 Å². The third-order valence-corrected chi connectivity index (χ3v) is 2.47. The number of rotatable bonds is 4. The minimum atomic E-state index is -0.0756. The molecule has 0 aliphatic heterocycles. The molecule has 0 atom stereocenters. The summed E-state index contributed by atoms with van der Waals surface area (Å²) in [5.74, 6) is 0. The molecule has 0 aliphatic carbocycles. The predicted octanol–water partition coefficient (Wildman–Crippen LogP) is 2.17. The molecule has 84 valence electrons. The normalized spacial score (nSPS) is 11.7. The summed E-state index contributed by atoms with van der Waals surface area (Å²) in [7, 11) is 0. The predicted molar refractivity (Wildman–Crippen MR) is 64.8 cm³/mol. The summed E-state index contributed by atoms with van der Waals surface area (Å²) < 4.78 is 5.45. The van der Waals surface area contributed by atoms with E-state index in [-0.39, 0.29) is 5.41 Å². The molecule has 3 heteroatoms. The molecule has 0 heterocycles. The van der Waals surface area contributed by atoms with E-state index in [1.54, 1.807) is 6.07 Å². The zero-order chi connectivity index (χ0) is 11.5.